The molecule has 1 aromatic carbocycles. The number of methoxy groups -OCH3 is 1. The topological polar surface area (TPSA) is 67.6 Å². The third-order valence-electron chi connectivity index (χ3n) is 3.82. The molecular weight excluding hydrogens is 273 g/mol. The van der Waals surface area contributed by atoms with Gasteiger partial charge in [-0.2, -0.15) is 0 Å². The molecule has 1 aromatic rings. The monoisotopic (exact) mass is 295 g/mol. The lowest BCUT2D eigenvalue weighted by Crippen LogP contribution is -2.46. The van der Waals surface area contributed by atoms with Crippen molar-refractivity contribution in [2.45, 2.75) is 25.4 Å². The summed E-state index contributed by atoms with van der Waals surface area (Å²) in [5, 5.41) is 3.28. The zero-order valence-corrected chi connectivity index (χ0v) is 12.3. The van der Waals surface area contributed by atoms with Crippen molar-refractivity contribution in [1.82, 2.24) is 10.2 Å². The molecule has 0 aromatic heterocycles. The summed E-state index contributed by atoms with van der Waals surface area (Å²) in [6.45, 7) is 2.30. The number of carbonyl (C=O) groups excluding carboxylic acids is 1. The molecule has 1 saturated heterocycles. The number of hydrogen-bond acceptors (Lipinski definition) is 4. The minimum absolute atomic E-state index is 0.140. The van der Waals surface area contributed by atoms with Gasteiger partial charge in [-0.15, -0.1) is 0 Å². The fraction of sp³-hybridized carbons (Fsp3) is 0.533. The SMILES string of the molecule is COc1cccc(CN(CC(N)=O)C2CCNCC2)c1F. The molecule has 0 atom stereocenters. The number of nitrogens with one attached hydrogen (secondary N) is 1. The molecule has 1 amide bonds. The van der Waals surface area contributed by atoms with E-state index < -0.39 is 5.91 Å². The maximum Gasteiger partial charge on any atom is 0.231 e. The van der Waals surface area contributed by atoms with Gasteiger partial charge in [-0.3, -0.25) is 9.69 Å². The van der Waals surface area contributed by atoms with E-state index in [2.05, 4.69) is 5.32 Å². The summed E-state index contributed by atoms with van der Waals surface area (Å²) in [5.74, 6) is -0.544. The minimum atomic E-state index is -0.392. The minimum Gasteiger partial charge on any atom is -0.494 e. The predicted molar refractivity (Wildman–Crippen MR) is 78.4 cm³/mol. The molecule has 0 spiro atoms. The van der Waals surface area contributed by atoms with E-state index in [1.54, 1.807) is 18.2 Å². The molecular formula is C15H22FN3O2. The van der Waals surface area contributed by atoms with Crippen LogP contribution in [0.15, 0.2) is 18.2 Å². The van der Waals surface area contributed by atoms with Gasteiger partial charge in [-0.25, -0.2) is 4.39 Å². The Morgan fingerprint density at radius 2 is 2.19 bits per heavy atom. The van der Waals surface area contributed by atoms with E-state index in [-0.39, 0.29) is 24.2 Å². The summed E-state index contributed by atoms with van der Waals surface area (Å²) in [6.07, 6.45) is 1.86. The van der Waals surface area contributed by atoms with Crippen LogP contribution in [0.2, 0.25) is 0 Å². The van der Waals surface area contributed by atoms with E-state index in [9.17, 15) is 9.18 Å². The molecule has 21 heavy (non-hydrogen) atoms. The number of halogens is 1. The van der Waals surface area contributed by atoms with Crippen molar-refractivity contribution in [3.63, 3.8) is 0 Å². The molecule has 0 bridgehead atoms. The Morgan fingerprint density at radius 3 is 2.81 bits per heavy atom. The average Bonchev–Trinajstić information content (AvgIpc) is 2.49. The normalized spacial score (nSPS) is 16.1. The van der Waals surface area contributed by atoms with Gasteiger partial charge in [0, 0.05) is 18.2 Å². The number of benzene rings is 1. The van der Waals surface area contributed by atoms with E-state index in [0.29, 0.717) is 12.1 Å². The van der Waals surface area contributed by atoms with Gasteiger partial charge < -0.3 is 15.8 Å². The molecule has 2 rings (SSSR count). The van der Waals surface area contributed by atoms with Gasteiger partial charge in [0.15, 0.2) is 11.6 Å². The first kappa shape index (κ1) is 15.7. The lowest BCUT2D eigenvalue weighted by atomic mass is 10.0. The Bertz CT molecular complexity index is 490. The molecule has 5 nitrogen and oxygen atoms in total. The van der Waals surface area contributed by atoms with Crippen LogP contribution in [0.4, 0.5) is 4.39 Å². The first-order chi connectivity index (χ1) is 10.1. The van der Waals surface area contributed by atoms with Crippen LogP contribution in [-0.4, -0.2) is 43.6 Å². The fourth-order valence-corrected chi connectivity index (χ4v) is 2.74. The van der Waals surface area contributed by atoms with E-state index >= 15 is 0 Å². The molecule has 1 heterocycles. The number of primary amides is 1. The molecule has 116 valence electrons. The third kappa shape index (κ3) is 4.15. The number of rotatable bonds is 6. The van der Waals surface area contributed by atoms with Crippen LogP contribution in [-0.2, 0) is 11.3 Å². The lowest BCUT2D eigenvalue weighted by Gasteiger charge is -2.34. The van der Waals surface area contributed by atoms with Gasteiger partial charge >= 0.3 is 0 Å². The van der Waals surface area contributed by atoms with Crippen molar-refractivity contribution in [2.24, 2.45) is 5.73 Å². The van der Waals surface area contributed by atoms with E-state index in [1.165, 1.54) is 7.11 Å². The van der Waals surface area contributed by atoms with Crippen molar-refractivity contribution in [3.8, 4) is 5.75 Å². The Morgan fingerprint density at radius 1 is 1.48 bits per heavy atom. The zero-order chi connectivity index (χ0) is 15.2. The first-order valence-corrected chi connectivity index (χ1v) is 7.16. The molecule has 0 aliphatic carbocycles. The van der Waals surface area contributed by atoms with Crippen LogP contribution in [0.1, 0.15) is 18.4 Å². The van der Waals surface area contributed by atoms with Crippen molar-refractivity contribution < 1.29 is 13.9 Å². The van der Waals surface area contributed by atoms with E-state index in [1.807, 2.05) is 4.90 Å². The zero-order valence-electron chi connectivity index (χ0n) is 12.3. The molecule has 1 aliphatic heterocycles. The molecule has 1 fully saturated rings. The Balaban J connectivity index is 2.15. The summed E-state index contributed by atoms with van der Waals surface area (Å²) in [6, 6.07) is 5.29. The van der Waals surface area contributed by atoms with Crippen molar-refractivity contribution in [1.29, 1.82) is 0 Å². The quantitative estimate of drug-likeness (QED) is 0.817. The van der Waals surface area contributed by atoms with Crippen molar-refractivity contribution in [3.05, 3.63) is 29.6 Å². The summed E-state index contributed by atoms with van der Waals surface area (Å²) < 4.78 is 19.3. The Kier molecular flexibility index (Phi) is 5.52. The van der Waals surface area contributed by atoms with Crippen LogP contribution >= 0.6 is 0 Å². The van der Waals surface area contributed by atoms with Gasteiger partial charge in [0.05, 0.1) is 13.7 Å². The number of nitrogens with zero attached hydrogens (tertiary/aromatic N) is 1. The van der Waals surface area contributed by atoms with Gasteiger partial charge in [0.25, 0.3) is 0 Å². The number of carbonyl (C=O) groups is 1. The second kappa shape index (κ2) is 7.38. The third-order valence-corrected chi connectivity index (χ3v) is 3.82. The fourth-order valence-electron chi connectivity index (χ4n) is 2.74. The number of hydrogen-bond donors (Lipinski definition) is 2. The van der Waals surface area contributed by atoms with Gasteiger partial charge in [-0.05, 0) is 32.0 Å². The van der Waals surface area contributed by atoms with Crippen LogP contribution in [0, 0.1) is 5.82 Å². The smallest absolute Gasteiger partial charge is 0.231 e. The maximum absolute atomic E-state index is 14.3. The Labute approximate surface area is 124 Å². The maximum atomic E-state index is 14.3. The lowest BCUT2D eigenvalue weighted by molar-refractivity contribution is -0.120. The highest BCUT2D eigenvalue weighted by molar-refractivity contribution is 5.76. The highest BCUT2D eigenvalue weighted by Crippen LogP contribution is 2.23. The van der Waals surface area contributed by atoms with Crippen molar-refractivity contribution >= 4 is 5.91 Å². The molecule has 0 saturated carbocycles. The molecule has 0 radical (unpaired) electrons. The second-order valence-corrected chi connectivity index (χ2v) is 5.29. The van der Waals surface area contributed by atoms with Crippen LogP contribution < -0.4 is 15.8 Å². The summed E-state index contributed by atoms with van der Waals surface area (Å²) in [4.78, 5) is 13.3. The summed E-state index contributed by atoms with van der Waals surface area (Å²) in [5.41, 5.74) is 5.86. The highest BCUT2D eigenvalue weighted by atomic mass is 19.1. The van der Waals surface area contributed by atoms with E-state index in [4.69, 9.17) is 10.5 Å². The number of amides is 1. The highest BCUT2D eigenvalue weighted by Gasteiger charge is 2.23. The van der Waals surface area contributed by atoms with Gasteiger partial charge in [0.1, 0.15) is 0 Å². The second-order valence-electron chi connectivity index (χ2n) is 5.29. The summed E-state index contributed by atoms with van der Waals surface area (Å²) in [7, 11) is 1.44. The standard InChI is InChI=1S/C15H22FN3O2/c1-21-13-4-2-3-11(15(13)16)9-19(10-14(17)20)12-5-7-18-8-6-12/h2-4,12,18H,5-10H2,1H3,(H2,17,20). The summed E-state index contributed by atoms with van der Waals surface area (Å²) >= 11 is 0. The van der Waals surface area contributed by atoms with Crippen LogP contribution in [0.25, 0.3) is 0 Å². The molecule has 0 unspecified atom stereocenters. The average molecular weight is 295 g/mol. The van der Waals surface area contributed by atoms with Crippen LogP contribution in [0.5, 0.6) is 5.75 Å². The molecule has 1 aliphatic rings. The molecule has 3 N–H and O–H groups in total. The number of ether oxygens (including phenoxy) is 1. The Hall–Kier alpha value is -1.66. The van der Waals surface area contributed by atoms with Crippen molar-refractivity contribution in [2.75, 3.05) is 26.7 Å². The van der Waals surface area contributed by atoms with E-state index in [0.717, 1.165) is 25.9 Å². The first-order valence-electron chi connectivity index (χ1n) is 7.16. The number of nitrogens with two attached hydrogens (primary N) is 1. The molecule has 6 heteroatoms. The van der Waals surface area contributed by atoms with Crippen LogP contribution in [0.3, 0.4) is 0 Å². The van der Waals surface area contributed by atoms with Gasteiger partial charge in [0.2, 0.25) is 5.91 Å². The predicted octanol–water partition coefficient (Wildman–Crippen LogP) is 0.874. The number of piperidine rings is 1. The van der Waals surface area contributed by atoms with Gasteiger partial charge in [-0.1, -0.05) is 12.1 Å². The largest absolute Gasteiger partial charge is 0.494 e.